The Morgan fingerprint density at radius 2 is 1.74 bits per heavy atom. The Morgan fingerprint density at radius 1 is 0.853 bits per heavy atom. The number of rotatable bonds is 4. The van der Waals surface area contributed by atoms with Gasteiger partial charge in [-0.3, -0.25) is 9.97 Å². The summed E-state index contributed by atoms with van der Waals surface area (Å²) in [6, 6.07) is 29.3. The van der Waals surface area contributed by atoms with Crippen LogP contribution in [0, 0.1) is 6.92 Å². The molecule has 0 fully saturated rings. The van der Waals surface area contributed by atoms with Crippen molar-refractivity contribution in [3.05, 3.63) is 119 Å². The van der Waals surface area contributed by atoms with Crippen molar-refractivity contribution < 1.29 is 0 Å². The number of pyridine rings is 3. The number of hydrogen-bond acceptors (Lipinski definition) is 3. The van der Waals surface area contributed by atoms with Crippen molar-refractivity contribution in [3.63, 3.8) is 0 Å². The van der Waals surface area contributed by atoms with Crippen LogP contribution < -0.4 is 0 Å². The second kappa shape index (κ2) is 8.50. The van der Waals surface area contributed by atoms with E-state index in [1.165, 1.54) is 11.1 Å². The van der Waals surface area contributed by atoms with E-state index in [0.717, 1.165) is 55.5 Å². The number of halogens is 1. The van der Waals surface area contributed by atoms with E-state index in [2.05, 4.69) is 93.8 Å². The maximum atomic E-state index is 5.00. The van der Waals surface area contributed by atoms with Gasteiger partial charge in [0.2, 0.25) is 0 Å². The second-order valence-corrected chi connectivity index (χ2v) is 9.35. The van der Waals surface area contributed by atoms with Crippen LogP contribution >= 0.6 is 15.9 Å². The molecule has 164 valence electrons. The minimum Gasteiger partial charge on any atom is -0.256 e. The summed E-state index contributed by atoms with van der Waals surface area (Å²) in [5.74, 6) is 0. The number of aromatic nitrogens is 4. The van der Waals surface area contributed by atoms with Crippen LogP contribution in [0.25, 0.3) is 38.9 Å². The Hall–Kier alpha value is -3.83. The van der Waals surface area contributed by atoms with E-state index in [-0.39, 0.29) is 0 Å². The predicted molar refractivity (Wildman–Crippen MR) is 141 cm³/mol. The Labute approximate surface area is 206 Å². The average Bonchev–Trinajstić information content (AvgIpc) is 3.23. The highest BCUT2D eigenvalue weighted by atomic mass is 79.9. The number of hydrogen-bond donors (Lipinski definition) is 0. The summed E-state index contributed by atoms with van der Waals surface area (Å²) >= 11 is 3.58. The van der Waals surface area contributed by atoms with Gasteiger partial charge < -0.3 is 0 Å². The van der Waals surface area contributed by atoms with Gasteiger partial charge in [-0.15, -0.1) is 0 Å². The summed E-state index contributed by atoms with van der Waals surface area (Å²) in [5, 5.41) is 6.08. The quantitative estimate of drug-likeness (QED) is 0.253. The normalized spacial score (nSPS) is 11.4. The number of aryl methyl sites for hydroxylation is 1. The molecule has 0 amide bonds. The molecule has 34 heavy (non-hydrogen) atoms. The first-order valence-electron chi connectivity index (χ1n) is 11.2. The molecule has 0 saturated carbocycles. The zero-order chi connectivity index (χ0) is 23.1. The highest BCUT2D eigenvalue weighted by Gasteiger charge is 2.20. The van der Waals surface area contributed by atoms with Crippen molar-refractivity contribution in [1.29, 1.82) is 0 Å². The molecule has 0 aliphatic heterocycles. The molecule has 0 atom stereocenters. The highest BCUT2D eigenvalue weighted by Crippen LogP contribution is 2.38. The van der Waals surface area contributed by atoms with Crippen LogP contribution in [-0.2, 0) is 6.42 Å². The summed E-state index contributed by atoms with van der Waals surface area (Å²) in [5.41, 5.74) is 9.40. The fraction of sp³-hybridized carbons (Fsp3) is 0.0690. The van der Waals surface area contributed by atoms with Crippen LogP contribution in [0.4, 0.5) is 0 Å². The molecule has 0 spiro atoms. The van der Waals surface area contributed by atoms with Crippen LogP contribution in [0.5, 0.6) is 0 Å². The molecule has 5 heteroatoms. The summed E-state index contributed by atoms with van der Waals surface area (Å²) < 4.78 is 2.98. The monoisotopic (exact) mass is 504 g/mol. The van der Waals surface area contributed by atoms with Crippen molar-refractivity contribution in [2.75, 3.05) is 0 Å². The standard InChI is InChI=1S/C29H21BrN4/c1-19-6-5-9-25(32-19)29-28(24-12-14-31-26-18-22(30)10-11-23(24)26)27-17-21(13-15-34(27)33-29)16-20-7-3-2-4-8-20/h2-15,17-18H,16H2,1H3. The molecule has 2 aromatic carbocycles. The van der Waals surface area contributed by atoms with E-state index < -0.39 is 0 Å². The van der Waals surface area contributed by atoms with Gasteiger partial charge in [-0.05, 0) is 72.5 Å². The van der Waals surface area contributed by atoms with Crippen LogP contribution in [0.3, 0.4) is 0 Å². The lowest BCUT2D eigenvalue weighted by Crippen LogP contribution is -1.92. The van der Waals surface area contributed by atoms with E-state index in [1.54, 1.807) is 0 Å². The van der Waals surface area contributed by atoms with Crippen molar-refractivity contribution in [1.82, 2.24) is 19.6 Å². The highest BCUT2D eigenvalue weighted by molar-refractivity contribution is 9.10. The molecule has 4 heterocycles. The van der Waals surface area contributed by atoms with Gasteiger partial charge in [0.05, 0.1) is 16.7 Å². The van der Waals surface area contributed by atoms with E-state index >= 15 is 0 Å². The summed E-state index contributed by atoms with van der Waals surface area (Å²) in [4.78, 5) is 9.42. The van der Waals surface area contributed by atoms with Gasteiger partial charge in [0.25, 0.3) is 0 Å². The molecule has 0 aliphatic carbocycles. The Kier molecular flexibility index (Phi) is 5.19. The summed E-state index contributed by atoms with van der Waals surface area (Å²) in [7, 11) is 0. The average molecular weight is 505 g/mol. The van der Waals surface area contributed by atoms with Crippen LogP contribution in [-0.4, -0.2) is 19.6 Å². The SMILES string of the molecule is Cc1cccc(-c2nn3ccc(Cc4ccccc4)cc3c2-c2ccnc3cc(Br)ccc23)n1. The van der Waals surface area contributed by atoms with Gasteiger partial charge in [0.15, 0.2) is 0 Å². The third-order valence-electron chi connectivity index (χ3n) is 6.06. The third kappa shape index (κ3) is 3.78. The van der Waals surface area contributed by atoms with Crippen LogP contribution in [0.1, 0.15) is 16.8 Å². The molecule has 0 saturated heterocycles. The van der Waals surface area contributed by atoms with Gasteiger partial charge in [-0.2, -0.15) is 5.10 Å². The lowest BCUT2D eigenvalue weighted by molar-refractivity contribution is 0.953. The maximum absolute atomic E-state index is 5.00. The van der Waals surface area contributed by atoms with Crippen LogP contribution in [0.15, 0.2) is 102 Å². The number of benzene rings is 2. The molecule has 0 N–H and O–H groups in total. The van der Waals surface area contributed by atoms with E-state index in [4.69, 9.17) is 10.1 Å². The molecule has 0 aliphatic rings. The zero-order valence-corrected chi connectivity index (χ0v) is 20.2. The summed E-state index contributed by atoms with van der Waals surface area (Å²) in [6.07, 6.45) is 4.79. The first-order chi connectivity index (χ1) is 16.7. The minimum atomic E-state index is 0.865. The molecule has 0 unspecified atom stereocenters. The topological polar surface area (TPSA) is 43.1 Å². The molecule has 0 radical (unpaired) electrons. The minimum absolute atomic E-state index is 0.865. The lowest BCUT2D eigenvalue weighted by atomic mass is 9.97. The third-order valence-corrected chi connectivity index (χ3v) is 6.55. The van der Waals surface area contributed by atoms with E-state index in [0.29, 0.717) is 0 Å². The first-order valence-corrected chi connectivity index (χ1v) is 12.0. The molecule has 4 nitrogen and oxygen atoms in total. The largest absolute Gasteiger partial charge is 0.256 e. The van der Waals surface area contributed by atoms with Gasteiger partial charge in [-0.25, -0.2) is 4.52 Å². The molecular formula is C29H21BrN4. The predicted octanol–water partition coefficient (Wildman–Crippen LogP) is 7.27. The number of fused-ring (bicyclic) bond motifs is 2. The zero-order valence-electron chi connectivity index (χ0n) is 18.6. The fourth-order valence-electron chi connectivity index (χ4n) is 4.49. The van der Waals surface area contributed by atoms with Crippen molar-refractivity contribution in [2.45, 2.75) is 13.3 Å². The van der Waals surface area contributed by atoms with Gasteiger partial charge in [0, 0.05) is 33.5 Å². The van der Waals surface area contributed by atoms with E-state index in [1.807, 2.05) is 35.8 Å². The summed E-state index contributed by atoms with van der Waals surface area (Å²) in [6.45, 7) is 2.01. The van der Waals surface area contributed by atoms with Crippen molar-refractivity contribution in [2.24, 2.45) is 0 Å². The van der Waals surface area contributed by atoms with Gasteiger partial charge >= 0.3 is 0 Å². The van der Waals surface area contributed by atoms with Crippen LogP contribution in [0.2, 0.25) is 0 Å². The first kappa shape index (κ1) is 20.8. The molecule has 0 bridgehead atoms. The van der Waals surface area contributed by atoms with Crippen molar-refractivity contribution in [3.8, 4) is 22.5 Å². The van der Waals surface area contributed by atoms with Gasteiger partial charge in [-0.1, -0.05) is 58.4 Å². The molecule has 6 aromatic rings. The maximum Gasteiger partial charge on any atom is 0.120 e. The van der Waals surface area contributed by atoms with E-state index in [9.17, 15) is 0 Å². The Balaban J connectivity index is 1.63. The fourth-order valence-corrected chi connectivity index (χ4v) is 4.84. The number of nitrogens with zero attached hydrogens (tertiary/aromatic N) is 4. The molecular weight excluding hydrogens is 484 g/mol. The smallest absolute Gasteiger partial charge is 0.120 e. The molecule has 4 aromatic heterocycles. The van der Waals surface area contributed by atoms with Gasteiger partial charge in [0.1, 0.15) is 5.69 Å². The van der Waals surface area contributed by atoms with Crippen molar-refractivity contribution >= 4 is 32.3 Å². The Bertz CT molecular complexity index is 1650. The Morgan fingerprint density at radius 3 is 2.59 bits per heavy atom. The second-order valence-electron chi connectivity index (χ2n) is 8.43. The molecule has 6 rings (SSSR count). The lowest BCUT2D eigenvalue weighted by Gasteiger charge is -2.09.